The van der Waals surface area contributed by atoms with Crippen molar-refractivity contribution in [3.8, 4) is 0 Å². The first-order valence-electron chi connectivity index (χ1n) is 6.11. The fourth-order valence-electron chi connectivity index (χ4n) is 1.65. The molecule has 2 unspecified atom stereocenters. The molecule has 2 atom stereocenters. The maximum Gasteiger partial charge on any atom is 0.256 e. The van der Waals surface area contributed by atoms with Crippen LogP contribution in [0.1, 0.15) is 34.9 Å². The summed E-state index contributed by atoms with van der Waals surface area (Å²) in [6.45, 7) is 6.00. The SMILES string of the molecule is CCC(N)C(Sc1nc(C)c(C)o1)c1cc(Br)cs1. The van der Waals surface area contributed by atoms with Gasteiger partial charge in [-0.1, -0.05) is 18.7 Å². The van der Waals surface area contributed by atoms with Gasteiger partial charge in [0.05, 0.1) is 10.9 Å². The van der Waals surface area contributed by atoms with E-state index in [-0.39, 0.29) is 11.3 Å². The summed E-state index contributed by atoms with van der Waals surface area (Å²) in [5, 5.41) is 2.96. The van der Waals surface area contributed by atoms with E-state index in [0.717, 1.165) is 22.3 Å². The van der Waals surface area contributed by atoms with E-state index in [4.69, 9.17) is 10.2 Å². The van der Waals surface area contributed by atoms with Crippen LogP contribution in [0.25, 0.3) is 0 Å². The summed E-state index contributed by atoms with van der Waals surface area (Å²) in [7, 11) is 0. The number of hydrogen-bond acceptors (Lipinski definition) is 5. The quantitative estimate of drug-likeness (QED) is 0.786. The number of aromatic nitrogens is 1. The number of nitrogens with zero attached hydrogens (tertiary/aromatic N) is 1. The van der Waals surface area contributed by atoms with Gasteiger partial charge < -0.3 is 10.2 Å². The van der Waals surface area contributed by atoms with Gasteiger partial charge in [0.2, 0.25) is 0 Å². The zero-order valence-corrected chi connectivity index (χ0v) is 14.4. The molecule has 0 spiro atoms. The Morgan fingerprint density at radius 2 is 2.26 bits per heavy atom. The number of nitrogens with two attached hydrogens (primary N) is 1. The second-order valence-electron chi connectivity index (χ2n) is 4.40. The number of oxazole rings is 1. The Morgan fingerprint density at radius 3 is 2.74 bits per heavy atom. The molecule has 3 nitrogen and oxygen atoms in total. The highest BCUT2D eigenvalue weighted by Gasteiger charge is 2.24. The van der Waals surface area contributed by atoms with Crippen molar-refractivity contribution < 1.29 is 4.42 Å². The van der Waals surface area contributed by atoms with E-state index >= 15 is 0 Å². The lowest BCUT2D eigenvalue weighted by Gasteiger charge is -2.19. The zero-order valence-electron chi connectivity index (χ0n) is 11.1. The van der Waals surface area contributed by atoms with Crippen molar-refractivity contribution in [2.75, 3.05) is 0 Å². The maximum atomic E-state index is 6.25. The molecule has 0 aliphatic heterocycles. The van der Waals surface area contributed by atoms with Crippen molar-refractivity contribution >= 4 is 39.0 Å². The van der Waals surface area contributed by atoms with Gasteiger partial charge in [-0.25, -0.2) is 4.98 Å². The van der Waals surface area contributed by atoms with E-state index in [1.165, 1.54) is 4.88 Å². The van der Waals surface area contributed by atoms with Crippen LogP contribution in [0.4, 0.5) is 0 Å². The van der Waals surface area contributed by atoms with Gasteiger partial charge in [-0.3, -0.25) is 0 Å². The van der Waals surface area contributed by atoms with Crippen LogP contribution in [-0.4, -0.2) is 11.0 Å². The average molecular weight is 361 g/mol. The van der Waals surface area contributed by atoms with Crippen LogP contribution in [0.2, 0.25) is 0 Å². The molecule has 104 valence electrons. The number of thiophene rings is 1. The molecule has 2 N–H and O–H groups in total. The molecule has 0 fully saturated rings. The molecule has 0 aromatic carbocycles. The molecule has 0 aliphatic rings. The largest absolute Gasteiger partial charge is 0.437 e. The van der Waals surface area contributed by atoms with Crippen LogP contribution in [0.5, 0.6) is 0 Å². The predicted molar refractivity (Wildman–Crippen MR) is 84.9 cm³/mol. The van der Waals surface area contributed by atoms with Crippen LogP contribution in [0, 0.1) is 13.8 Å². The van der Waals surface area contributed by atoms with Crippen LogP contribution in [0.15, 0.2) is 25.6 Å². The van der Waals surface area contributed by atoms with Crippen LogP contribution in [0.3, 0.4) is 0 Å². The van der Waals surface area contributed by atoms with Crippen molar-refractivity contribution in [2.24, 2.45) is 5.73 Å². The van der Waals surface area contributed by atoms with Crippen LogP contribution < -0.4 is 5.73 Å². The molecule has 6 heteroatoms. The molecule has 0 aliphatic carbocycles. The van der Waals surface area contributed by atoms with Gasteiger partial charge in [0.15, 0.2) is 0 Å². The molecule has 2 aromatic heterocycles. The van der Waals surface area contributed by atoms with Gasteiger partial charge in [-0.05, 0) is 42.3 Å². The van der Waals surface area contributed by atoms with Gasteiger partial charge in [0.1, 0.15) is 5.76 Å². The van der Waals surface area contributed by atoms with Crippen LogP contribution in [-0.2, 0) is 0 Å². The summed E-state index contributed by atoms with van der Waals surface area (Å²) in [5.41, 5.74) is 7.20. The third kappa shape index (κ3) is 3.62. The molecule has 2 aromatic rings. The lowest BCUT2D eigenvalue weighted by molar-refractivity contribution is 0.429. The molecule has 19 heavy (non-hydrogen) atoms. The normalized spacial score (nSPS) is 14.6. The van der Waals surface area contributed by atoms with E-state index in [2.05, 4.69) is 39.3 Å². The smallest absolute Gasteiger partial charge is 0.256 e. The minimum Gasteiger partial charge on any atom is -0.437 e. The Labute approximate surface area is 130 Å². The lowest BCUT2D eigenvalue weighted by atomic mass is 10.1. The van der Waals surface area contributed by atoms with E-state index in [1.54, 1.807) is 23.1 Å². The number of thioether (sulfide) groups is 1. The second kappa shape index (κ2) is 6.43. The van der Waals surface area contributed by atoms with E-state index in [0.29, 0.717) is 5.22 Å². The second-order valence-corrected chi connectivity index (χ2v) is 7.35. The number of halogens is 1. The van der Waals surface area contributed by atoms with Gasteiger partial charge >= 0.3 is 0 Å². The Morgan fingerprint density at radius 1 is 1.53 bits per heavy atom. The molecule has 0 saturated heterocycles. The van der Waals surface area contributed by atoms with E-state index in [9.17, 15) is 0 Å². The predicted octanol–water partition coefficient (Wildman–Crippen LogP) is 4.69. The minimum absolute atomic E-state index is 0.0862. The van der Waals surface area contributed by atoms with E-state index < -0.39 is 0 Å². The molecule has 0 radical (unpaired) electrons. The average Bonchev–Trinajstić information content (AvgIpc) is 2.93. The van der Waals surface area contributed by atoms with Gasteiger partial charge in [-0.2, -0.15) is 0 Å². The zero-order chi connectivity index (χ0) is 14.0. The highest BCUT2D eigenvalue weighted by Crippen LogP contribution is 2.41. The Balaban J connectivity index is 2.23. The highest BCUT2D eigenvalue weighted by molar-refractivity contribution is 9.10. The first kappa shape index (κ1) is 15.1. The van der Waals surface area contributed by atoms with Crippen molar-refractivity contribution in [1.29, 1.82) is 0 Å². The van der Waals surface area contributed by atoms with Crippen molar-refractivity contribution in [1.82, 2.24) is 4.98 Å². The Hall–Kier alpha value is -0.300. The number of rotatable bonds is 5. The summed E-state index contributed by atoms with van der Waals surface area (Å²) in [4.78, 5) is 5.68. The van der Waals surface area contributed by atoms with Crippen molar-refractivity contribution in [3.05, 3.63) is 32.3 Å². The van der Waals surface area contributed by atoms with Gasteiger partial charge in [-0.15, -0.1) is 11.3 Å². The monoisotopic (exact) mass is 360 g/mol. The third-order valence-corrected chi connectivity index (χ3v) is 6.12. The minimum atomic E-state index is 0.0862. The van der Waals surface area contributed by atoms with Crippen molar-refractivity contribution in [2.45, 2.75) is 43.7 Å². The summed E-state index contributed by atoms with van der Waals surface area (Å²) < 4.78 is 6.76. The van der Waals surface area contributed by atoms with Crippen LogP contribution >= 0.6 is 39.0 Å². The first-order chi connectivity index (χ1) is 9.01. The molecular formula is C13H17BrN2OS2. The Bertz CT molecular complexity index is 533. The lowest BCUT2D eigenvalue weighted by Crippen LogP contribution is -2.25. The maximum absolute atomic E-state index is 6.25. The summed E-state index contributed by atoms with van der Waals surface area (Å²) in [5.74, 6) is 0.874. The third-order valence-electron chi connectivity index (χ3n) is 2.97. The van der Waals surface area contributed by atoms with Gasteiger partial charge in [0, 0.05) is 20.8 Å². The highest BCUT2D eigenvalue weighted by atomic mass is 79.9. The van der Waals surface area contributed by atoms with Crippen molar-refractivity contribution in [3.63, 3.8) is 0 Å². The van der Waals surface area contributed by atoms with Gasteiger partial charge in [0.25, 0.3) is 5.22 Å². The summed E-state index contributed by atoms with van der Waals surface area (Å²) >= 11 is 6.82. The molecule has 0 amide bonds. The fraction of sp³-hybridized carbons (Fsp3) is 0.462. The molecule has 0 saturated carbocycles. The molecule has 2 rings (SSSR count). The first-order valence-corrected chi connectivity index (χ1v) is 8.66. The standard InChI is InChI=1S/C13H17BrN2OS2/c1-4-10(15)12(11-5-9(14)6-18-11)19-13-16-7(2)8(3)17-13/h5-6,10,12H,4,15H2,1-3H3. The summed E-state index contributed by atoms with van der Waals surface area (Å²) in [6, 6.07) is 2.21. The molecule has 0 bridgehead atoms. The number of aryl methyl sites for hydroxylation is 2. The van der Waals surface area contributed by atoms with E-state index in [1.807, 2.05) is 13.8 Å². The topological polar surface area (TPSA) is 52.0 Å². The molecule has 2 heterocycles. The fourth-order valence-corrected chi connectivity index (χ4v) is 4.59. The molecular weight excluding hydrogens is 344 g/mol. The number of hydrogen-bond donors (Lipinski definition) is 1. The summed E-state index contributed by atoms with van der Waals surface area (Å²) in [6.07, 6.45) is 0.922. The Kier molecular flexibility index (Phi) is 5.11.